The maximum atomic E-state index is 12.9. The van der Waals surface area contributed by atoms with E-state index in [1.165, 1.54) is 24.3 Å². The minimum absolute atomic E-state index is 0.0793. The molecule has 2 aromatic rings. The fourth-order valence-corrected chi connectivity index (χ4v) is 2.15. The molecular weight excluding hydrogens is 351 g/mol. The highest BCUT2D eigenvalue weighted by atomic mass is 32.1. The second-order valence-electron chi connectivity index (χ2n) is 4.89. The van der Waals surface area contributed by atoms with Gasteiger partial charge in [0.2, 0.25) is 0 Å². The van der Waals surface area contributed by atoms with E-state index in [4.69, 9.17) is 12.2 Å². The predicted molar refractivity (Wildman–Crippen MR) is 95.7 cm³/mol. The zero-order valence-corrected chi connectivity index (χ0v) is 14.1. The second-order valence-corrected chi connectivity index (χ2v) is 5.30. The number of halogens is 3. The van der Waals surface area contributed by atoms with Crippen molar-refractivity contribution in [1.82, 2.24) is 5.43 Å². The van der Waals surface area contributed by atoms with Gasteiger partial charge in [0.15, 0.2) is 5.11 Å². The highest BCUT2D eigenvalue weighted by Gasteiger charge is 2.06. The molecule has 2 aromatic carbocycles. The third-order valence-electron chi connectivity index (χ3n) is 3.14. The summed E-state index contributed by atoms with van der Waals surface area (Å²) >= 11 is 5.13. The Morgan fingerprint density at radius 3 is 2.32 bits per heavy atom. The van der Waals surface area contributed by atoms with Gasteiger partial charge >= 0.3 is 6.61 Å². The zero-order valence-electron chi connectivity index (χ0n) is 13.3. The number of nitrogens with zero attached hydrogens (tertiary/aromatic N) is 1. The van der Waals surface area contributed by atoms with Gasteiger partial charge in [-0.3, -0.25) is 5.43 Å². The predicted octanol–water partition coefficient (Wildman–Crippen LogP) is 4.53. The summed E-state index contributed by atoms with van der Waals surface area (Å²) in [5, 5.41) is 7.34. The van der Waals surface area contributed by atoms with Crippen LogP contribution >= 0.6 is 12.2 Å². The number of hydrogen-bond donors (Lipinski definition) is 2. The van der Waals surface area contributed by atoms with Crippen LogP contribution in [0.25, 0.3) is 0 Å². The van der Waals surface area contributed by atoms with Gasteiger partial charge in [-0.1, -0.05) is 6.92 Å². The molecule has 25 heavy (non-hydrogen) atoms. The minimum Gasteiger partial charge on any atom is -0.435 e. The van der Waals surface area contributed by atoms with Gasteiger partial charge < -0.3 is 10.1 Å². The third kappa shape index (κ3) is 6.07. The summed E-state index contributed by atoms with van der Waals surface area (Å²) < 4.78 is 41.5. The first kappa shape index (κ1) is 18.7. The normalized spacial score (nSPS) is 11.3. The Balaban J connectivity index is 1.99. The van der Waals surface area contributed by atoms with Crippen LogP contribution in [0.5, 0.6) is 5.75 Å². The minimum atomic E-state index is -2.86. The first-order valence-electron chi connectivity index (χ1n) is 7.42. The van der Waals surface area contributed by atoms with Crippen LogP contribution in [0.2, 0.25) is 0 Å². The van der Waals surface area contributed by atoms with Gasteiger partial charge in [-0.05, 0) is 72.7 Å². The van der Waals surface area contributed by atoms with Gasteiger partial charge in [0, 0.05) is 5.69 Å². The lowest BCUT2D eigenvalue weighted by molar-refractivity contribution is -0.0498. The number of rotatable bonds is 6. The molecule has 0 aliphatic carbocycles. The van der Waals surface area contributed by atoms with E-state index in [9.17, 15) is 13.2 Å². The van der Waals surface area contributed by atoms with Gasteiger partial charge in [0.25, 0.3) is 0 Å². The number of hydrazone groups is 1. The summed E-state index contributed by atoms with van der Waals surface area (Å²) in [6.07, 6.45) is 0.598. The molecule has 0 bridgehead atoms. The number of benzene rings is 2. The van der Waals surface area contributed by atoms with Gasteiger partial charge in [0.1, 0.15) is 11.6 Å². The molecule has 2 rings (SSSR count). The van der Waals surface area contributed by atoms with Crippen LogP contribution in [-0.4, -0.2) is 17.4 Å². The largest absolute Gasteiger partial charge is 0.435 e. The molecule has 0 aliphatic heterocycles. The molecule has 0 aliphatic rings. The molecule has 0 fully saturated rings. The molecule has 0 saturated heterocycles. The van der Waals surface area contributed by atoms with E-state index in [0.717, 1.165) is 5.56 Å². The van der Waals surface area contributed by atoms with Crippen LogP contribution < -0.4 is 15.5 Å². The monoisotopic (exact) mass is 367 g/mol. The maximum absolute atomic E-state index is 12.9. The first-order valence-corrected chi connectivity index (χ1v) is 7.83. The summed E-state index contributed by atoms with van der Waals surface area (Å²) in [5.41, 5.74) is 4.77. The standard InChI is InChI=1S/C17H16F3N3OS/c1-2-15(11-3-9-14(10-4-11)24-16(19)20)22-23-17(25)21-13-7-5-12(18)6-8-13/h3-10,16H,2H2,1H3,(H2,21,23,25). The fraction of sp³-hybridized carbons (Fsp3) is 0.176. The quantitative estimate of drug-likeness (QED) is 0.447. The van der Waals surface area contributed by atoms with Crippen LogP contribution in [0.4, 0.5) is 18.9 Å². The average Bonchev–Trinajstić information content (AvgIpc) is 2.58. The highest BCUT2D eigenvalue weighted by Crippen LogP contribution is 2.16. The number of hydrogen-bond acceptors (Lipinski definition) is 3. The SMILES string of the molecule is CCC(=NNC(=S)Nc1ccc(F)cc1)c1ccc(OC(F)F)cc1. The van der Waals surface area contributed by atoms with E-state index in [2.05, 4.69) is 20.6 Å². The van der Waals surface area contributed by atoms with Crippen molar-refractivity contribution >= 4 is 28.7 Å². The summed E-state index contributed by atoms with van der Waals surface area (Å²) in [6, 6.07) is 11.9. The van der Waals surface area contributed by atoms with Gasteiger partial charge in [-0.25, -0.2) is 4.39 Å². The molecular formula is C17H16F3N3OS. The van der Waals surface area contributed by atoms with Crippen molar-refractivity contribution in [3.63, 3.8) is 0 Å². The summed E-state index contributed by atoms with van der Waals surface area (Å²) in [4.78, 5) is 0. The number of nitrogens with one attached hydrogen (secondary N) is 2. The Labute approximate surface area is 148 Å². The number of alkyl halides is 2. The van der Waals surface area contributed by atoms with Crippen LogP contribution in [0.3, 0.4) is 0 Å². The van der Waals surface area contributed by atoms with Crippen LogP contribution in [0, 0.1) is 5.82 Å². The van der Waals surface area contributed by atoms with E-state index in [-0.39, 0.29) is 16.7 Å². The van der Waals surface area contributed by atoms with Gasteiger partial charge in [0.05, 0.1) is 5.71 Å². The van der Waals surface area contributed by atoms with E-state index in [1.807, 2.05) is 6.92 Å². The molecule has 0 spiro atoms. The molecule has 2 N–H and O–H groups in total. The number of thiocarbonyl (C=S) groups is 1. The van der Waals surface area contributed by atoms with Crippen LogP contribution in [0.15, 0.2) is 53.6 Å². The molecule has 0 radical (unpaired) electrons. The Hall–Kier alpha value is -2.61. The van der Waals surface area contributed by atoms with Gasteiger partial charge in [-0.15, -0.1) is 0 Å². The Kier molecular flexibility index (Phi) is 6.76. The van der Waals surface area contributed by atoms with E-state index >= 15 is 0 Å². The third-order valence-corrected chi connectivity index (χ3v) is 3.34. The van der Waals surface area contributed by atoms with Crippen molar-refractivity contribution < 1.29 is 17.9 Å². The molecule has 0 saturated carbocycles. The summed E-state index contributed by atoms with van der Waals surface area (Å²) in [7, 11) is 0. The van der Waals surface area contributed by atoms with Crippen molar-refractivity contribution in [1.29, 1.82) is 0 Å². The van der Waals surface area contributed by atoms with E-state index in [0.29, 0.717) is 17.8 Å². The van der Waals surface area contributed by atoms with E-state index in [1.54, 1.807) is 24.3 Å². The molecule has 0 aromatic heterocycles. The number of ether oxygens (including phenoxy) is 1. The van der Waals surface area contributed by atoms with Crippen molar-refractivity contribution in [2.45, 2.75) is 20.0 Å². The zero-order chi connectivity index (χ0) is 18.2. The van der Waals surface area contributed by atoms with Crippen LogP contribution in [0.1, 0.15) is 18.9 Å². The summed E-state index contributed by atoms with van der Waals surface area (Å²) in [6.45, 7) is -0.956. The lowest BCUT2D eigenvalue weighted by Gasteiger charge is -2.10. The Morgan fingerprint density at radius 2 is 1.76 bits per heavy atom. The highest BCUT2D eigenvalue weighted by molar-refractivity contribution is 7.80. The maximum Gasteiger partial charge on any atom is 0.387 e. The van der Waals surface area contributed by atoms with Crippen LogP contribution in [-0.2, 0) is 0 Å². The molecule has 4 nitrogen and oxygen atoms in total. The van der Waals surface area contributed by atoms with Crippen molar-refractivity contribution in [3.8, 4) is 5.75 Å². The lowest BCUT2D eigenvalue weighted by atomic mass is 10.1. The smallest absolute Gasteiger partial charge is 0.387 e. The van der Waals surface area contributed by atoms with E-state index < -0.39 is 6.61 Å². The Bertz CT molecular complexity index is 734. The molecule has 0 atom stereocenters. The first-order chi connectivity index (χ1) is 12.0. The van der Waals surface area contributed by atoms with Gasteiger partial charge in [-0.2, -0.15) is 13.9 Å². The number of anilines is 1. The molecule has 0 heterocycles. The topological polar surface area (TPSA) is 45.7 Å². The molecule has 132 valence electrons. The lowest BCUT2D eigenvalue weighted by Crippen LogP contribution is -2.25. The Morgan fingerprint density at radius 1 is 1.12 bits per heavy atom. The molecule has 0 amide bonds. The average molecular weight is 367 g/mol. The molecule has 0 unspecified atom stereocenters. The van der Waals surface area contributed by atoms with Crippen molar-refractivity contribution in [2.75, 3.05) is 5.32 Å². The summed E-state index contributed by atoms with van der Waals surface area (Å²) in [5.74, 6) is -0.259. The fourth-order valence-electron chi connectivity index (χ4n) is 1.99. The molecule has 8 heteroatoms. The second kappa shape index (κ2) is 9.03. The van der Waals surface area contributed by atoms with Crippen molar-refractivity contribution in [3.05, 3.63) is 59.9 Å². The van der Waals surface area contributed by atoms with Crippen molar-refractivity contribution in [2.24, 2.45) is 5.10 Å².